The fraction of sp³-hybridized carbons (Fsp3) is 0.370. The number of carbonyl (C=O) groups excluding carboxylic acids is 4. The SMILES string of the molecule is COC1C(OC(=O)c2ccc[nH]2)C(O)C(Oc2ccc3c(O)c(NC(=O)c4[nH]cc(C(=O)Nc5c(O)c6ccc(OC7OC(C)(C)C(OC)C(OC(=O)c8ccc(C)[nH]8)C7O)c(C)c6oc5=O)c4C)c(=O)oc3c2C)OC1(C)C. The fourth-order valence-corrected chi connectivity index (χ4v) is 9.86. The van der Waals surface area contributed by atoms with E-state index in [-0.39, 0.29) is 72.8 Å². The lowest BCUT2D eigenvalue weighted by Gasteiger charge is -2.47. The van der Waals surface area contributed by atoms with Gasteiger partial charge in [-0.2, -0.15) is 0 Å². The van der Waals surface area contributed by atoms with E-state index >= 15 is 0 Å². The molecule has 2 amide bonds. The molecular weight excluding hydrogens is 1040 g/mol. The quantitative estimate of drug-likeness (QED) is 0.0495. The maximum absolute atomic E-state index is 13.7. The van der Waals surface area contributed by atoms with Gasteiger partial charge in [-0.25, -0.2) is 19.2 Å². The van der Waals surface area contributed by atoms with Crippen LogP contribution in [0.25, 0.3) is 21.9 Å². The predicted octanol–water partition coefficient (Wildman–Crippen LogP) is 5.26. The molecule has 2 aliphatic rings. The highest BCUT2D eigenvalue weighted by Crippen LogP contribution is 2.41. The number of aryl methyl sites for hydroxylation is 3. The van der Waals surface area contributed by atoms with Gasteiger partial charge in [-0.05, 0) is 109 Å². The molecule has 418 valence electrons. The highest BCUT2D eigenvalue weighted by atomic mass is 16.7. The summed E-state index contributed by atoms with van der Waals surface area (Å²) in [5, 5.41) is 50.3. The molecular formula is C54H57N5O20. The van der Waals surface area contributed by atoms with Crippen molar-refractivity contribution < 1.29 is 86.3 Å². The largest absolute Gasteiger partial charge is 0.505 e. The summed E-state index contributed by atoms with van der Waals surface area (Å²) in [6.07, 6.45) is -7.79. The van der Waals surface area contributed by atoms with Crippen LogP contribution in [0, 0.1) is 27.7 Å². The lowest BCUT2D eigenvalue weighted by atomic mass is 9.89. The third kappa shape index (κ3) is 10.2. The number of amides is 2. The molecule has 9 N–H and O–H groups in total. The van der Waals surface area contributed by atoms with E-state index in [1.54, 1.807) is 46.8 Å². The lowest BCUT2D eigenvalue weighted by molar-refractivity contribution is -0.305. The number of aromatic hydroxyl groups is 2. The standard InChI is InChI=1S/C54H57N5O20/c1-21-13-16-29(57-21)48(67)77-42-38(63)52(79-54(7,8)44(42)71-10)73-30-17-14-25-35(60)33(49(68)74-39(25)23(30)3)58-45(64)27-20-56-32(22(27)2)46(65)59-34-36(61)26-15-18-31(24(4)40(26)75-50(34)69)72-51-37(62)41(43(70-9)53(5,6)78-51)76-47(66)28-12-11-19-55-28/h11-20,37-38,41-44,51-52,55-57,60-63H,1-10H3,(H,58,64)(H,59,65). The molecule has 0 bridgehead atoms. The van der Waals surface area contributed by atoms with Gasteiger partial charge in [0, 0.05) is 43.4 Å². The summed E-state index contributed by atoms with van der Waals surface area (Å²) in [4.78, 5) is 88.7. The number of aromatic nitrogens is 3. The average molecular weight is 1100 g/mol. The van der Waals surface area contributed by atoms with Crippen LogP contribution < -0.4 is 31.4 Å². The van der Waals surface area contributed by atoms with E-state index in [0.717, 1.165) is 6.20 Å². The van der Waals surface area contributed by atoms with Crippen molar-refractivity contribution in [3.63, 3.8) is 0 Å². The van der Waals surface area contributed by atoms with Crippen LogP contribution in [0.4, 0.5) is 11.4 Å². The second kappa shape index (κ2) is 21.1. The molecule has 2 aliphatic heterocycles. The number of hydrogen-bond donors (Lipinski definition) is 9. The van der Waals surface area contributed by atoms with Gasteiger partial charge in [0.1, 0.15) is 52.0 Å². The molecule has 7 aromatic rings. The van der Waals surface area contributed by atoms with Crippen molar-refractivity contribution in [3.05, 3.63) is 127 Å². The zero-order valence-electron chi connectivity index (χ0n) is 44.2. The van der Waals surface area contributed by atoms with Crippen molar-refractivity contribution in [1.82, 2.24) is 15.0 Å². The number of aliphatic hydroxyl groups excluding tert-OH is 2. The molecule has 2 saturated heterocycles. The topological polar surface area (TPSA) is 355 Å². The third-order valence-electron chi connectivity index (χ3n) is 14.0. The molecule has 79 heavy (non-hydrogen) atoms. The first-order chi connectivity index (χ1) is 37.3. The predicted molar refractivity (Wildman–Crippen MR) is 277 cm³/mol. The minimum absolute atomic E-state index is 0.0246. The van der Waals surface area contributed by atoms with E-state index in [9.17, 15) is 49.2 Å². The smallest absolute Gasteiger partial charge is 0.364 e. The first kappa shape index (κ1) is 55.3. The van der Waals surface area contributed by atoms with Crippen LogP contribution in [0.1, 0.15) is 91.9 Å². The second-order valence-electron chi connectivity index (χ2n) is 20.1. The Balaban J connectivity index is 0.891. The number of H-pyrrole nitrogens is 3. The van der Waals surface area contributed by atoms with Crippen molar-refractivity contribution in [2.75, 3.05) is 24.9 Å². The molecule has 8 atom stereocenters. The van der Waals surface area contributed by atoms with Crippen molar-refractivity contribution in [1.29, 1.82) is 0 Å². The molecule has 8 unspecified atom stereocenters. The van der Waals surface area contributed by atoms with Crippen molar-refractivity contribution in [2.24, 2.45) is 0 Å². The molecule has 7 heterocycles. The van der Waals surface area contributed by atoms with Gasteiger partial charge >= 0.3 is 23.2 Å². The van der Waals surface area contributed by atoms with Gasteiger partial charge in [0.15, 0.2) is 47.3 Å². The number of anilines is 2. The number of nitrogens with one attached hydrogen (secondary N) is 5. The first-order valence-corrected chi connectivity index (χ1v) is 24.6. The molecule has 0 aliphatic carbocycles. The number of aliphatic hydroxyl groups is 2. The van der Waals surface area contributed by atoms with Gasteiger partial charge in [-0.15, -0.1) is 0 Å². The third-order valence-corrected chi connectivity index (χ3v) is 14.0. The number of ether oxygens (including phenoxy) is 8. The van der Waals surface area contributed by atoms with Gasteiger partial charge in [0.2, 0.25) is 12.6 Å². The number of rotatable bonds is 14. The number of methoxy groups -OCH3 is 2. The molecule has 25 nitrogen and oxygen atoms in total. The Hall–Kier alpha value is -8.46. The number of aromatic amines is 3. The molecule has 0 radical (unpaired) electrons. The fourth-order valence-electron chi connectivity index (χ4n) is 9.86. The normalized spacial score (nSPS) is 22.5. The van der Waals surface area contributed by atoms with E-state index in [4.69, 9.17) is 46.7 Å². The average Bonchev–Trinajstić information content (AvgIpc) is 4.30. The minimum atomic E-state index is -1.59. The number of esters is 2. The monoisotopic (exact) mass is 1100 g/mol. The van der Waals surface area contributed by atoms with Gasteiger partial charge in [-0.1, -0.05) is 0 Å². The summed E-state index contributed by atoms with van der Waals surface area (Å²) >= 11 is 0. The van der Waals surface area contributed by atoms with Gasteiger partial charge in [0.25, 0.3) is 11.8 Å². The molecule has 5 aromatic heterocycles. The Labute approximate surface area is 447 Å². The summed E-state index contributed by atoms with van der Waals surface area (Å²) in [5.41, 5.74) is -5.32. The Morgan fingerprint density at radius 1 is 0.620 bits per heavy atom. The van der Waals surface area contributed by atoms with Gasteiger partial charge in [-0.3, -0.25) is 9.59 Å². The summed E-state index contributed by atoms with van der Waals surface area (Å²) in [6.45, 7) is 12.8. The van der Waals surface area contributed by atoms with Crippen LogP contribution in [0.5, 0.6) is 23.0 Å². The Morgan fingerprint density at radius 2 is 1.10 bits per heavy atom. The van der Waals surface area contributed by atoms with E-state index in [0.29, 0.717) is 5.69 Å². The Bertz CT molecular complexity index is 3650. The lowest BCUT2D eigenvalue weighted by Crippen LogP contribution is -2.65. The van der Waals surface area contributed by atoms with Gasteiger partial charge < -0.3 is 92.7 Å². The Morgan fingerprint density at radius 3 is 1.54 bits per heavy atom. The Kier molecular flexibility index (Phi) is 14.7. The van der Waals surface area contributed by atoms with Crippen LogP contribution in [0.2, 0.25) is 0 Å². The minimum Gasteiger partial charge on any atom is -0.505 e. The second-order valence-corrected chi connectivity index (χ2v) is 20.1. The highest BCUT2D eigenvalue weighted by molar-refractivity contribution is 6.12. The van der Waals surface area contributed by atoms with Crippen molar-refractivity contribution >= 4 is 57.1 Å². The van der Waals surface area contributed by atoms with Crippen molar-refractivity contribution in [2.45, 2.75) is 116 Å². The molecule has 0 saturated carbocycles. The van der Waals surface area contributed by atoms with Crippen LogP contribution in [0.3, 0.4) is 0 Å². The zero-order chi connectivity index (χ0) is 57.2. The summed E-state index contributed by atoms with van der Waals surface area (Å²) in [7, 11) is 2.75. The number of fused-ring (bicyclic) bond motifs is 2. The maximum Gasteiger partial charge on any atom is 0.364 e. The van der Waals surface area contributed by atoms with E-state index in [1.165, 1.54) is 77.6 Å². The van der Waals surface area contributed by atoms with Crippen LogP contribution in [-0.4, -0.2) is 134 Å². The number of benzene rings is 2. The summed E-state index contributed by atoms with van der Waals surface area (Å²) in [6, 6.07) is 11.8. The van der Waals surface area contributed by atoms with E-state index < -0.39 is 118 Å². The molecule has 2 aromatic carbocycles. The zero-order valence-corrected chi connectivity index (χ0v) is 44.2. The van der Waals surface area contributed by atoms with Crippen LogP contribution >= 0.6 is 0 Å². The number of carbonyl (C=O) groups is 4. The molecule has 2 fully saturated rings. The van der Waals surface area contributed by atoms with Crippen molar-refractivity contribution in [3.8, 4) is 23.0 Å². The highest BCUT2D eigenvalue weighted by Gasteiger charge is 2.55. The summed E-state index contributed by atoms with van der Waals surface area (Å²) in [5.74, 6) is -4.72. The van der Waals surface area contributed by atoms with Gasteiger partial charge in [0.05, 0.1) is 27.5 Å². The molecule has 0 spiro atoms. The number of hydrogen-bond acceptors (Lipinski definition) is 20. The maximum atomic E-state index is 13.7. The van der Waals surface area contributed by atoms with Crippen LogP contribution in [0.15, 0.2) is 79.3 Å². The summed E-state index contributed by atoms with van der Waals surface area (Å²) < 4.78 is 58.2. The van der Waals surface area contributed by atoms with Crippen LogP contribution in [-0.2, 0) is 28.4 Å². The van der Waals surface area contributed by atoms with E-state index in [1.807, 2.05) is 0 Å². The van der Waals surface area contributed by atoms with E-state index in [2.05, 4.69) is 25.6 Å². The molecule has 25 heteroatoms. The first-order valence-electron chi connectivity index (χ1n) is 24.6. The molecule has 9 rings (SSSR count).